The van der Waals surface area contributed by atoms with Crippen LogP contribution in [0.3, 0.4) is 0 Å². The summed E-state index contributed by atoms with van der Waals surface area (Å²) < 4.78 is 53.0. The van der Waals surface area contributed by atoms with Gasteiger partial charge in [0.2, 0.25) is 9.84 Å². The minimum Gasteiger partial charge on any atom is -0.456 e. The number of thiazole rings is 1. The SMILES string of the molecule is Cc1ccc(Nc2nc(COC(=O)c3ccc(S(=O)(=O)C(F)F)cc3)cs2)cc1. The fourth-order valence-electron chi connectivity index (χ4n) is 2.30. The molecule has 152 valence electrons. The zero-order valence-corrected chi connectivity index (χ0v) is 16.8. The molecule has 1 aromatic heterocycles. The molecule has 0 radical (unpaired) electrons. The maximum absolute atomic E-state index is 12.5. The Kier molecular flexibility index (Phi) is 6.23. The van der Waals surface area contributed by atoms with Gasteiger partial charge in [-0.3, -0.25) is 0 Å². The van der Waals surface area contributed by atoms with Gasteiger partial charge in [0.15, 0.2) is 5.13 Å². The van der Waals surface area contributed by atoms with Crippen molar-refractivity contribution in [2.75, 3.05) is 5.32 Å². The van der Waals surface area contributed by atoms with E-state index in [-0.39, 0.29) is 12.2 Å². The molecule has 3 rings (SSSR count). The number of hydrogen-bond donors (Lipinski definition) is 1. The second-order valence-electron chi connectivity index (χ2n) is 6.04. The number of rotatable bonds is 7. The molecule has 0 saturated carbocycles. The molecule has 3 aromatic rings. The molecule has 0 aliphatic carbocycles. The minimum atomic E-state index is -4.70. The van der Waals surface area contributed by atoms with Crippen LogP contribution < -0.4 is 5.32 Å². The van der Waals surface area contributed by atoms with Crippen molar-refractivity contribution in [1.82, 2.24) is 4.98 Å². The molecule has 0 amide bonds. The molecular formula is C19H16F2N2O4S2. The molecule has 10 heteroatoms. The van der Waals surface area contributed by atoms with Crippen molar-refractivity contribution in [3.63, 3.8) is 0 Å². The molecule has 1 N–H and O–H groups in total. The number of halogens is 2. The number of aryl methyl sites for hydroxylation is 1. The molecular weight excluding hydrogens is 422 g/mol. The van der Waals surface area contributed by atoms with Gasteiger partial charge < -0.3 is 10.1 Å². The fourth-order valence-corrected chi connectivity index (χ4v) is 3.73. The third-order valence-electron chi connectivity index (χ3n) is 3.86. The van der Waals surface area contributed by atoms with Crippen LogP contribution in [-0.4, -0.2) is 25.1 Å². The van der Waals surface area contributed by atoms with Gasteiger partial charge in [-0.1, -0.05) is 17.7 Å². The van der Waals surface area contributed by atoms with Crippen molar-refractivity contribution in [2.24, 2.45) is 0 Å². The van der Waals surface area contributed by atoms with E-state index >= 15 is 0 Å². The van der Waals surface area contributed by atoms with Crippen LogP contribution in [0.25, 0.3) is 0 Å². The molecule has 6 nitrogen and oxygen atoms in total. The van der Waals surface area contributed by atoms with Crippen molar-refractivity contribution in [3.8, 4) is 0 Å². The number of nitrogens with zero attached hydrogens (tertiary/aromatic N) is 1. The zero-order valence-electron chi connectivity index (χ0n) is 15.1. The van der Waals surface area contributed by atoms with Gasteiger partial charge in [-0.15, -0.1) is 11.3 Å². The van der Waals surface area contributed by atoms with Crippen LogP contribution in [-0.2, 0) is 21.2 Å². The van der Waals surface area contributed by atoms with Gasteiger partial charge in [-0.05, 0) is 43.3 Å². The van der Waals surface area contributed by atoms with Crippen molar-refractivity contribution in [1.29, 1.82) is 0 Å². The lowest BCUT2D eigenvalue weighted by Crippen LogP contribution is -2.12. The largest absolute Gasteiger partial charge is 0.456 e. The lowest BCUT2D eigenvalue weighted by atomic mass is 10.2. The van der Waals surface area contributed by atoms with E-state index in [9.17, 15) is 22.0 Å². The lowest BCUT2D eigenvalue weighted by Gasteiger charge is -2.05. The predicted octanol–water partition coefficient (Wildman–Crippen LogP) is 4.55. The first kappa shape index (κ1) is 20.9. The van der Waals surface area contributed by atoms with Crippen LogP contribution in [0.5, 0.6) is 0 Å². The highest BCUT2D eigenvalue weighted by molar-refractivity contribution is 7.91. The van der Waals surface area contributed by atoms with Gasteiger partial charge in [0.25, 0.3) is 0 Å². The maximum atomic E-state index is 12.5. The van der Waals surface area contributed by atoms with Gasteiger partial charge in [-0.2, -0.15) is 8.78 Å². The zero-order chi connectivity index (χ0) is 21.0. The molecule has 0 spiro atoms. The van der Waals surface area contributed by atoms with Crippen LogP contribution in [0.15, 0.2) is 58.8 Å². The number of aromatic nitrogens is 1. The van der Waals surface area contributed by atoms with Crippen LogP contribution in [0.2, 0.25) is 0 Å². The summed E-state index contributed by atoms with van der Waals surface area (Å²) >= 11 is 1.35. The summed E-state index contributed by atoms with van der Waals surface area (Å²) in [5.41, 5.74) is 2.61. The monoisotopic (exact) mass is 438 g/mol. The number of esters is 1. The van der Waals surface area contributed by atoms with Gasteiger partial charge in [-0.25, -0.2) is 18.2 Å². The Hall–Kier alpha value is -2.85. The van der Waals surface area contributed by atoms with E-state index in [1.807, 2.05) is 31.2 Å². The Morgan fingerprint density at radius 1 is 1.14 bits per heavy atom. The number of hydrogen-bond acceptors (Lipinski definition) is 7. The Bertz CT molecular complexity index is 1100. The molecule has 0 atom stereocenters. The molecule has 0 unspecified atom stereocenters. The van der Waals surface area contributed by atoms with Crippen LogP contribution in [0, 0.1) is 6.92 Å². The Labute approximate surface area is 170 Å². The van der Waals surface area contributed by atoms with Gasteiger partial charge in [0.05, 0.1) is 16.2 Å². The molecule has 0 bridgehead atoms. The van der Waals surface area contributed by atoms with E-state index in [0.29, 0.717) is 10.8 Å². The highest BCUT2D eigenvalue weighted by Crippen LogP contribution is 2.22. The Morgan fingerprint density at radius 3 is 2.41 bits per heavy atom. The number of ether oxygens (including phenoxy) is 1. The van der Waals surface area contributed by atoms with Crippen molar-refractivity contribution >= 4 is 38.0 Å². The normalized spacial score (nSPS) is 11.4. The van der Waals surface area contributed by atoms with Gasteiger partial charge in [0.1, 0.15) is 6.61 Å². The van der Waals surface area contributed by atoms with Crippen LogP contribution in [0.1, 0.15) is 21.6 Å². The first-order chi connectivity index (χ1) is 13.8. The Balaban J connectivity index is 1.58. The second-order valence-corrected chi connectivity index (χ2v) is 8.82. The Morgan fingerprint density at radius 2 is 1.79 bits per heavy atom. The smallest absolute Gasteiger partial charge is 0.341 e. The molecule has 0 aliphatic rings. The van der Waals surface area contributed by atoms with E-state index in [0.717, 1.165) is 35.5 Å². The van der Waals surface area contributed by atoms with E-state index < -0.39 is 26.5 Å². The summed E-state index contributed by atoms with van der Waals surface area (Å²) in [4.78, 5) is 15.8. The van der Waals surface area contributed by atoms with E-state index in [1.165, 1.54) is 11.3 Å². The topological polar surface area (TPSA) is 85.4 Å². The number of benzene rings is 2. The molecule has 1 heterocycles. The third kappa shape index (κ3) is 5.15. The number of nitrogens with one attached hydrogen (secondary N) is 1. The highest BCUT2D eigenvalue weighted by atomic mass is 32.2. The summed E-state index contributed by atoms with van der Waals surface area (Å²) in [6.45, 7) is 1.91. The summed E-state index contributed by atoms with van der Waals surface area (Å²) in [5, 5.41) is 5.53. The first-order valence-corrected chi connectivity index (χ1v) is 10.8. The van der Waals surface area contributed by atoms with Crippen molar-refractivity contribution in [3.05, 3.63) is 70.7 Å². The third-order valence-corrected chi connectivity index (χ3v) is 6.06. The standard InChI is InChI=1S/C19H16F2N2O4S2/c1-12-2-6-14(7-3-12)22-19-23-15(11-28-19)10-27-17(24)13-4-8-16(9-5-13)29(25,26)18(20)21/h2-9,11,18H,10H2,1H3,(H,22,23). The summed E-state index contributed by atoms with van der Waals surface area (Å²) in [5.74, 6) is -4.24. The van der Waals surface area contributed by atoms with Gasteiger partial charge >= 0.3 is 11.7 Å². The number of carbonyl (C=O) groups excluding carboxylic acids is 1. The van der Waals surface area contributed by atoms with E-state index in [1.54, 1.807) is 5.38 Å². The summed E-state index contributed by atoms with van der Waals surface area (Å²) in [6, 6.07) is 11.9. The van der Waals surface area contributed by atoms with Gasteiger partial charge in [0, 0.05) is 11.1 Å². The van der Waals surface area contributed by atoms with Crippen molar-refractivity contribution in [2.45, 2.75) is 24.2 Å². The average Bonchev–Trinajstić information content (AvgIpc) is 3.15. The van der Waals surface area contributed by atoms with E-state index in [2.05, 4.69) is 10.3 Å². The minimum absolute atomic E-state index is 0.0476. The quantitative estimate of drug-likeness (QED) is 0.545. The molecule has 0 saturated heterocycles. The molecule has 2 aromatic carbocycles. The molecule has 29 heavy (non-hydrogen) atoms. The van der Waals surface area contributed by atoms with Crippen LogP contribution in [0.4, 0.5) is 19.6 Å². The maximum Gasteiger partial charge on any atom is 0.341 e. The number of alkyl halides is 2. The number of anilines is 2. The molecule has 0 fully saturated rings. The van der Waals surface area contributed by atoms with Crippen LogP contribution >= 0.6 is 11.3 Å². The highest BCUT2D eigenvalue weighted by Gasteiger charge is 2.26. The lowest BCUT2D eigenvalue weighted by molar-refractivity contribution is 0.0468. The fraction of sp³-hybridized carbons (Fsp3) is 0.158. The summed E-state index contributed by atoms with van der Waals surface area (Å²) in [7, 11) is -4.70. The summed E-state index contributed by atoms with van der Waals surface area (Å²) in [6.07, 6.45) is 0. The average molecular weight is 438 g/mol. The second kappa shape index (κ2) is 8.66. The first-order valence-electron chi connectivity index (χ1n) is 8.33. The number of sulfone groups is 1. The van der Waals surface area contributed by atoms with E-state index in [4.69, 9.17) is 4.74 Å². The van der Waals surface area contributed by atoms with Crippen molar-refractivity contribution < 1.29 is 26.7 Å². The number of carbonyl (C=O) groups is 1. The predicted molar refractivity (Wildman–Crippen MR) is 105 cm³/mol. The molecule has 0 aliphatic heterocycles.